The van der Waals surface area contributed by atoms with E-state index in [4.69, 9.17) is 4.74 Å². The van der Waals surface area contributed by atoms with Gasteiger partial charge in [-0.15, -0.1) is 0 Å². The van der Waals surface area contributed by atoms with Crippen molar-refractivity contribution < 1.29 is 9.84 Å². The van der Waals surface area contributed by atoms with Crippen LogP contribution in [0.3, 0.4) is 0 Å². The van der Waals surface area contributed by atoms with Gasteiger partial charge in [-0.1, -0.05) is 72.8 Å². The van der Waals surface area contributed by atoms with E-state index in [2.05, 4.69) is 29.2 Å². The van der Waals surface area contributed by atoms with Gasteiger partial charge in [0, 0.05) is 12.5 Å². The predicted molar refractivity (Wildman–Crippen MR) is 122 cm³/mol. The average molecular weight is 402 g/mol. The first-order chi connectivity index (χ1) is 14.7. The zero-order valence-electron chi connectivity index (χ0n) is 17.7. The minimum absolute atomic E-state index is 0.0860. The molecule has 0 radical (unpaired) electrons. The highest BCUT2D eigenvalue weighted by Crippen LogP contribution is 2.43. The maximum atomic E-state index is 12.5. The molecule has 0 bridgehead atoms. The van der Waals surface area contributed by atoms with Gasteiger partial charge in [0.2, 0.25) is 0 Å². The van der Waals surface area contributed by atoms with Crippen LogP contribution in [0.15, 0.2) is 84.9 Å². The van der Waals surface area contributed by atoms with Crippen LogP contribution in [0.2, 0.25) is 0 Å². The SMILES string of the molecule is CCOc1ccc([C@](O)(c2ccccc2)[C@H](CN2CCCC2)c2ccccc2)cc1. The van der Waals surface area contributed by atoms with Gasteiger partial charge in [-0.25, -0.2) is 0 Å². The van der Waals surface area contributed by atoms with Crippen molar-refractivity contribution in [3.8, 4) is 5.75 Å². The molecule has 4 rings (SSSR count). The first-order valence-corrected chi connectivity index (χ1v) is 11.0. The molecule has 3 nitrogen and oxygen atoms in total. The van der Waals surface area contributed by atoms with Crippen molar-refractivity contribution >= 4 is 0 Å². The number of benzene rings is 3. The fourth-order valence-corrected chi connectivity index (χ4v) is 4.62. The van der Waals surface area contributed by atoms with Crippen LogP contribution in [0, 0.1) is 0 Å². The molecule has 1 N–H and O–H groups in total. The summed E-state index contributed by atoms with van der Waals surface area (Å²) in [6, 6.07) is 28.5. The third-order valence-electron chi connectivity index (χ3n) is 6.17. The third kappa shape index (κ3) is 4.28. The Morgan fingerprint density at radius 1 is 0.833 bits per heavy atom. The predicted octanol–water partition coefficient (Wildman–Crippen LogP) is 5.20. The molecule has 1 fully saturated rings. The lowest BCUT2D eigenvalue weighted by molar-refractivity contribution is 0.0366. The van der Waals surface area contributed by atoms with E-state index in [9.17, 15) is 5.11 Å². The van der Waals surface area contributed by atoms with Gasteiger partial charge < -0.3 is 14.7 Å². The molecule has 1 heterocycles. The Hall–Kier alpha value is -2.62. The number of rotatable bonds is 8. The number of nitrogens with zero attached hydrogens (tertiary/aromatic N) is 1. The molecule has 0 unspecified atom stereocenters. The van der Waals surface area contributed by atoms with Crippen molar-refractivity contribution in [2.45, 2.75) is 31.3 Å². The van der Waals surface area contributed by atoms with Gasteiger partial charge in [-0.05, 0) is 61.7 Å². The molecule has 3 heteroatoms. The standard InChI is InChI=1S/C27H31NO2/c1-2-30-25-17-15-24(16-18-25)27(29,23-13-7-4-8-14-23)26(21-28-19-9-10-20-28)22-11-5-3-6-12-22/h3-8,11-18,26,29H,2,9-10,19-21H2,1H3/t26-,27-/m1/s1. The number of hydrogen-bond acceptors (Lipinski definition) is 3. The van der Waals surface area contributed by atoms with Crippen LogP contribution in [0.4, 0.5) is 0 Å². The molecule has 0 aromatic heterocycles. The molecule has 3 aromatic carbocycles. The fourth-order valence-electron chi connectivity index (χ4n) is 4.62. The lowest BCUT2D eigenvalue weighted by atomic mass is 9.72. The van der Waals surface area contributed by atoms with Gasteiger partial charge in [-0.3, -0.25) is 0 Å². The number of likely N-dealkylation sites (tertiary alicyclic amines) is 1. The second-order valence-electron chi connectivity index (χ2n) is 8.06. The van der Waals surface area contributed by atoms with Crippen molar-refractivity contribution in [1.29, 1.82) is 0 Å². The summed E-state index contributed by atoms with van der Waals surface area (Å²) in [5.74, 6) is 0.740. The van der Waals surface area contributed by atoms with Crippen molar-refractivity contribution in [3.63, 3.8) is 0 Å². The molecule has 30 heavy (non-hydrogen) atoms. The Morgan fingerprint density at radius 2 is 1.40 bits per heavy atom. The van der Waals surface area contributed by atoms with E-state index >= 15 is 0 Å². The van der Waals surface area contributed by atoms with E-state index < -0.39 is 5.60 Å². The van der Waals surface area contributed by atoms with Gasteiger partial charge in [0.1, 0.15) is 11.4 Å². The van der Waals surface area contributed by atoms with Crippen LogP contribution in [-0.4, -0.2) is 36.2 Å². The molecule has 0 amide bonds. The zero-order chi connectivity index (χ0) is 20.8. The van der Waals surface area contributed by atoms with E-state index in [1.807, 2.05) is 67.6 Å². The molecular formula is C27H31NO2. The molecule has 0 saturated carbocycles. The molecule has 1 saturated heterocycles. The topological polar surface area (TPSA) is 32.7 Å². The summed E-state index contributed by atoms with van der Waals surface area (Å²) in [5.41, 5.74) is 1.83. The molecule has 1 aliphatic rings. The molecular weight excluding hydrogens is 370 g/mol. The summed E-state index contributed by atoms with van der Waals surface area (Å²) in [6.45, 7) is 5.62. The van der Waals surface area contributed by atoms with Crippen molar-refractivity contribution in [2.75, 3.05) is 26.2 Å². The molecule has 2 atom stereocenters. The van der Waals surface area contributed by atoms with E-state index in [0.717, 1.165) is 42.1 Å². The monoisotopic (exact) mass is 401 g/mol. The molecule has 1 aliphatic heterocycles. The summed E-state index contributed by atoms with van der Waals surface area (Å²) >= 11 is 0. The number of ether oxygens (including phenoxy) is 1. The Bertz CT molecular complexity index is 905. The lowest BCUT2D eigenvalue weighted by Crippen LogP contribution is -2.41. The molecule has 0 aliphatic carbocycles. The largest absolute Gasteiger partial charge is 0.494 e. The van der Waals surface area contributed by atoms with Gasteiger partial charge in [0.25, 0.3) is 0 Å². The molecule has 0 spiro atoms. The van der Waals surface area contributed by atoms with Gasteiger partial charge in [0.15, 0.2) is 0 Å². The van der Waals surface area contributed by atoms with Crippen molar-refractivity contribution in [2.24, 2.45) is 0 Å². The van der Waals surface area contributed by atoms with E-state index in [0.29, 0.717) is 6.61 Å². The lowest BCUT2D eigenvalue weighted by Gasteiger charge is -2.40. The Kier molecular flexibility index (Phi) is 6.51. The normalized spacial score (nSPS) is 17.4. The first kappa shape index (κ1) is 20.6. The Labute approximate surface area is 179 Å². The van der Waals surface area contributed by atoms with E-state index in [1.54, 1.807) is 0 Å². The maximum Gasteiger partial charge on any atom is 0.123 e. The van der Waals surface area contributed by atoms with E-state index in [1.165, 1.54) is 12.8 Å². The van der Waals surface area contributed by atoms with Gasteiger partial charge in [0.05, 0.1) is 6.61 Å². The van der Waals surface area contributed by atoms with Crippen LogP contribution in [-0.2, 0) is 5.60 Å². The average Bonchev–Trinajstić information content (AvgIpc) is 3.32. The van der Waals surface area contributed by atoms with Crippen LogP contribution >= 0.6 is 0 Å². The smallest absolute Gasteiger partial charge is 0.123 e. The Morgan fingerprint density at radius 3 is 2.00 bits per heavy atom. The fraction of sp³-hybridized carbons (Fsp3) is 0.333. The number of hydrogen-bond donors (Lipinski definition) is 1. The molecule has 156 valence electrons. The Balaban J connectivity index is 1.83. The third-order valence-corrected chi connectivity index (χ3v) is 6.17. The van der Waals surface area contributed by atoms with Crippen LogP contribution in [0.5, 0.6) is 5.75 Å². The second kappa shape index (κ2) is 9.46. The van der Waals surface area contributed by atoms with Crippen molar-refractivity contribution in [1.82, 2.24) is 4.90 Å². The van der Waals surface area contributed by atoms with Crippen LogP contribution < -0.4 is 4.74 Å². The van der Waals surface area contributed by atoms with Crippen LogP contribution in [0.1, 0.15) is 42.4 Å². The van der Waals surface area contributed by atoms with Crippen molar-refractivity contribution in [3.05, 3.63) is 102 Å². The highest BCUT2D eigenvalue weighted by molar-refractivity contribution is 5.43. The first-order valence-electron chi connectivity index (χ1n) is 11.0. The summed E-state index contributed by atoms with van der Waals surface area (Å²) in [4.78, 5) is 2.49. The quantitative estimate of drug-likeness (QED) is 0.563. The zero-order valence-corrected chi connectivity index (χ0v) is 17.7. The highest BCUT2D eigenvalue weighted by Gasteiger charge is 2.42. The summed E-state index contributed by atoms with van der Waals surface area (Å²) in [6.07, 6.45) is 2.46. The minimum atomic E-state index is -1.14. The molecule has 3 aromatic rings. The maximum absolute atomic E-state index is 12.5. The second-order valence-corrected chi connectivity index (χ2v) is 8.06. The summed E-state index contributed by atoms with van der Waals surface area (Å²) in [5, 5.41) is 12.5. The highest BCUT2D eigenvalue weighted by atomic mass is 16.5. The van der Waals surface area contributed by atoms with E-state index in [-0.39, 0.29) is 5.92 Å². The van der Waals surface area contributed by atoms with Crippen LogP contribution in [0.25, 0.3) is 0 Å². The van der Waals surface area contributed by atoms with Gasteiger partial charge in [-0.2, -0.15) is 0 Å². The summed E-state index contributed by atoms with van der Waals surface area (Å²) in [7, 11) is 0. The minimum Gasteiger partial charge on any atom is -0.494 e. The van der Waals surface area contributed by atoms with Gasteiger partial charge >= 0.3 is 0 Å². The summed E-state index contributed by atoms with van der Waals surface area (Å²) < 4.78 is 5.64. The number of aliphatic hydroxyl groups is 1.